The lowest BCUT2D eigenvalue weighted by Crippen LogP contribution is -2.22. The van der Waals surface area contributed by atoms with Gasteiger partial charge in [0, 0.05) is 20.2 Å². The lowest BCUT2D eigenvalue weighted by atomic mass is 10.1. The van der Waals surface area contributed by atoms with Crippen LogP contribution in [0, 0.1) is 11.3 Å². The van der Waals surface area contributed by atoms with Gasteiger partial charge in [0.2, 0.25) is 0 Å². The molecule has 0 spiro atoms. The van der Waals surface area contributed by atoms with E-state index in [9.17, 15) is 0 Å². The van der Waals surface area contributed by atoms with Gasteiger partial charge in [0.15, 0.2) is 5.82 Å². The van der Waals surface area contributed by atoms with Gasteiger partial charge < -0.3 is 4.74 Å². The number of nitriles is 1. The van der Waals surface area contributed by atoms with Gasteiger partial charge in [-0.1, -0.05) is 31.8 Å². The zero-order valence-corrected chi connectivity index (χ0v) is 13.6. The summed E-state index contributed by atoms with van der Waals surface area (Å²) >= 11 is 0. The topological polar surface area (TPSA) is 76.6 Å². The van der Waals surface area contributed by atoms with Gasteiger partial charge >= 0.3 is 0 Å². The first-order valence-electron chi connectivity index (χ1n) is 6.85. The maximum absolute atomic E-state index is 9.16. The second-order valence-corrected chi connectivity index (χ2v) is 11.6. The molecule has 0 saturated carbocycles. The minimum Gasteiger partial charge on any atom is -0.359 e. The molecule has 0 fully saturated rings. The Hall–Kier alpha value is -2.04. The Balaban J connectivity index is 2.07. The van der Waals surface area contributed by atoms with Crippen LogP contribution in [0.2, 0.25) is 25.7 Å². The van der Waals surface area contributed by atoms with Crippen LogP contribution in [0.4, 0.5) is 0 Å². The molecule has 1 aromatic heterocycles. The molecule has 21 heavy (non-hydrogen) atoms. The van der Waals surface area contributed by atoms with Crippen molar-refractivity contribution in [1.82, 2.24) is 20.2 Å². The molecule has 0 radical (unpaired) electrons. The molecule has 6 nitrogen and oxygen atoms in total. The van der Waals surface area contributed by atoms with Crippen molar-refractivity contribution in [2.75, 3.05) is 6.61 Å². The molecule has 0 N–H and O–H groups in total. The molecule has 0 atom stereocenters. The van der Waals surface area contributed by atoms with Gasteiger partial charge in [-0.3, -0.25) is 0 Å². The van der Waals surface area contributed by atoms with E-state index in [0.717, 1.165) is 11.6 Å². The predicted molar refractivity (Wildman–Crippen MR) is 82.1 cm³/mol. The first-order valence-corrected chi connectivity index (χ1v) is 10.6. The number of aromatic nitrogens is 4. The highest BCUT2D eigenvalue weighted by atomic mass is 28.3. The van der Waals surface area contributed by atoms with Crippen molar-refractivity contribution in [1.29, 1.82) is 5.26 Å². The zero-order chi connectivity index (χ0) is 15.3. The third-order valence-electron chi connectivity index (χ3n) is 3.03. The van der Waals surface area contributed by atoms with E-state index in [-0.39, 0.29) is 0 Å². The zero-order valence-electron chi connectivity index (χ0n) is 12.6. The second kappa shape index (κ2) is 6.61. The molecule has 0 unspecified atom stereocenters. The molecule has 2 rings (SSSR count). The van der Waals surface area contributed by atoms with E-state index < -0.39 is 8.07 Å². The normalized spacial score (nSPS) is 11.3. The number of nitrogens with zero attached hydrogens (tertiary/aromatic N) is 5. The van der Waals surface area contributed by atoms with Crippen molar-refractivity contribution in [3.05, 3.63) is 29.8 Å². The van der Waals surface area contributed by atoms with E-state index in [4.69, 9.17) is 10.00 Å². The Labute approximate surface area is 125 Å². The Kier molecular flexibility index (Phi) is 4.83. The van der Waals surface area contributed by atoms with E-state index >= 15 is 0 Å². The third kappa shape index (κ3) is 4.21. The highest BCUT2D eigenvalue weighted by Gasteiger charge is 2.14. The summed E-state index contributed by atoms with van der Waals surface area (Å²) in [6, 6.07) is 10.5. The summed E-state index contributed by atoms with van der Waals surface area (Å²) < 4.78 is 7.25. The van der Waals surface area contributed by atoms with Gasteiger partial charge in [-0.2, -0.15) is 9.94 Å². The number of ether oxygens (including phenoxy) is 1. The Bertz CT molecular complexity index is 641. The molecule has 7 heteroatoms. The Morgan fingerprint density at radius 3 is 2.76 bits per heavy atom. The van der Waals surface area contributed by atoms with E-state index in [2.05, 4.69) is 41.2 Å². The molecule has 0 saturated heterocycles. The van der Waals surface area contributed by atoms with Gasteiger partial charge in [-0.25, -0.2) is 0 Å². The maximum atomic E-state index is 9.16. The van der Waals surface area contributed by atoms with Crippen molar-refractivity contribution < 1.29 is 4.74 Å². The van der Waals surface area contributed by atoms with Crippen LogP contribution in [-0.4, -0.2) is 34.9 Å². The number of hydrogen-bond donors (Lipinski definition) is 0. The summed E-state index contributed by atoms with van der Waals surface area (Å²) in [6.07, 6.45) is 0. The average Bonchev–Trinajstić information content (AvgIpc) is 2.90. The molecule has 1 aromatic carbocycles. The minimum atomic E-state index is -1.10. The second-order valence-electron chi connectivity index (χ2n) is 6.01. The molecule has 0 aliphatic rings. The smallest absolute Gasteiger partial charge is 0.185 e. The number of rotatable bonds is 6. The standard InChI is InChI=1S/C14H19N5OSi/c1-21(2,3)9-8-20-11-19-14(16-17-18-19)13-7-5-4-6-12(13)10-15/h4-7H,8-9,11H2,1-3H3. The fourth-order valence-corrected chi connectivity index (χ4v) is 2.55. The molecule has 0 aliphatic carbocycles. The van der Waals surface area contributed by atoms with Crippen LogP contribution in [0.15, 0.2) is 24.3 Å². The highest BCUT2D eigenvalue weighted by Crippen LogP contribution is 2.20. The number of tetrazole rings is 1. The van der Waals surface area contributed by atoms with E-state index in [1.54, 1.807) is 10.7 Å². The molecule has 1 heterocycles. The SMILES string of the molecule is C[Si](C)(C)CCOCn1nnnc1-c1ccccc1C#N. The summed E-state index contributed by atoms with van der Waals surface area (Å²) in [5.41, 5.74) is 1.27. The largest absolute Gasteiger partial charge is 0.359 e. The highest BCUT2D eigenvalue weighted by molar-refractivity contribution is 6.76. The van der Waals surface area contributed by atoms with Crippen molar-refractivity contribution in [2.24, 2.45) is 0 Å². The van der Waals surface area contributed by atoms with Crippen LogP contribution in [0.3, 0.4) is 0 Å². The van der Waals surface area contributed by atoms with Gasteiger partial charge in [0.1, 0.15) is 6.73 Å². The summed E-state index contributed by atoms with van der Waals surface area (Å²) in [5.74, 6) is 0.556. The lowest BCUT2D eigenvalue weighted by Gasteiger charge is -2.15. The number of hydrogen-bond acceptors (Lipinski definition) is 5. The van der Waals surface area contributed by atoms with E-state index in [0.29, 0.717) is 24.7 Å². The first kappa shape index (κ1) is 15.3. The van der Waals surface area contributed by atoms with E-state index in [1.807, 2.05) is 18.2 Å². The van der Waals surface area contributed by atoms with Crippen molar-refractivity contribution in [3.8, 4) is 17.5 Å². The average molecular weight is 301 g/mol. The quantitative estimate of drug-likeness (QED) is 0.605. The van der Waals surface area contributed by atoms with Crippen LogP contribution in [-0.2, 0) is 11.5 Å². The predicted octanol–water partition coefficient (Wildman–Crippen LogP) is 2.52. The molecular weight excluding hydrogens is 282 g/mol. The fourth-order valence-electron chi connectivity index (χ4n) is 1.79. The molecule has 0 aliphatic heterocycles. The van der Waals surface area contributed by atoms with Crippen LogP contribution in [0.1, 0.15) is 5.56 Å². The van der Waals surface area contributed by atoms with Crippen molar-refractivity contribution >= 4 is 8.07 Å². The van der Waals surface area contributed by atoms with Crippen LogP contribution >= 0.6 is 0 Å². The van der Waals surface area contributed by atoms with Crippen LogP contribution in [0.5, 0.6) is 0 Å². The van der Waals surface area contributed by atoms with Crippen LogP contribution < -0.4 is 0 Å². The summed E-state index contributed by atoms with van der Waals surface area (Å²) in [6.45, 7) is 7.92. The maximum Gasteiger partial charge on any atom is 0.185 e. The third-order valence-corrected chi connectivity index (χ3v) is 4.73. The van der Waals surface area contributed by atoms with Gasteiger partial charge in [-0.05, 0) is 28.6 Å². The molecule has 2 aromatic rings. The summed E-state index contributed by atoms with van der Waals surface area (Å²) in [4.78, 5) is 0. The first-order chi connectivity index (χ1) is 10.0. The Morgan fingerprint density at radius 1 is 1.29 bits per heavy atom. The molecule has 0 bridgehead atoms. The van der Waals surface area contributed by atoms with Gasteiger partial charge in [0.05, 0.1) is 11.6 Å². The summed E-state index contributed by atoms with van der Waals surface area (Å²) in [7, 11) is -1.10. The number of benzene rings is 1. The molecular formula is C14H19N5OSi. The monoisotopic (exact) mass is 301 g/mol. The van der Waals surface area contributed by atoms with Crippen LogP contribution in [0.25, 0.3) is 11.4 Å². The van der Waals surface area contributed by atoms with Gasteiger partial charge in [0.25, 0.3) is 0 Å². The molecule has 0 amide bonds. The fraction of sp³-hybridized carbons (Fsp3) is 0.429. The lowest BCUT2D eigenvalue weighted by molar-refractivity contribution is 0.0784. The van der Waals surface area contributed by atoms with Gasteiger partial charge in [-0.15, -0.1) is 5.10 Å². The minimum absolute atomic E-state index is 0.298. The van der Waals surface area contributed by atoms with E-state index in [1.165, 1.54) is 0 Å². The Morgan fingerprint density at radius 2 is 2.05 bits per heavy atom. The molecule has 110 valence electrons. The summed E-state index contributed by atoms with van der Waals surface area (Å²) in [5, 5.41) is 20.8. The van der Waals surface area contributed by atoms with Crippen molar-refractivity contribution in [2.45, 2.75) is 32.4 Å². The van der Waals surface area contributed by atoms with Crippen molar-refractivity contribution in [3.63, 3.8) is 0 Å².